The quantitative estimate of drug-likeness (QED) is 0.525. The summed E-state index contributed by atoms with van der Waals surface area (Å²) < 4.78 is 2.04. The minimum Gasteiger partial charge on any atom is -0.369 e. The van der Waals surface area contributed by atoms with Gasteiger partial charge in [-0.15, -0.1) is 0 Å². The van der Waals surface area contributed by atoms with Gasteiger partial charge in [0.15, 0.2) is 0 Å². The molecule has 0 spiro atoms. The number of fused-ring (bicyclic) bond motifs is 2. The van der Waals surface area contributed by atoms with Gasteiger partial charge in [0.05, 0.1) is 5.69 Å². The van der Waals surface area contributed by atoms with Gasteiger partial charge in [0.1, 0.15) is 0 Å². The molecule has 2 N–H and O–H groups in total. The van der Waals surface area contributed by atoms with Crippen molar-refractivity contribution in [3.8, 4) is 0 Å². The Morgan fingerprint density at radius 1 is 1.12 bits per heavy atom. The van der Waals surface area contributed by atoms with Gasteiger partial charge in [0.25, 0.3) is 0 Å². The summed E-state index contributed by atoms with van der Waals surface area (Å²) in [5.41, 5.74) is 10.4. The molecular weight excluding hydrogens is 570 g/mol. The number of nitrogens with zero attached hydrogens (tertiary/aromatic N) is 2. The van der Waals surface area contributed by atoms with E-state index in [-0.39, 0.29) is 29.6 Å². The minimum atomic E-state index is -0.276. The second-order valence-corrected chi connectivity index (χ2v) is 11.8. The molecule has 1 aromatic heterocycles. The lowest BCUT2D eigenvalue weighted by atomic mass is 9.76. The molecule has 5 nitrogen and oxygen atoms in total. The van der Waals surface area contributed by atoms with Crippen LogP contribution in [0.3, 0.4) is 0 Å². The van der Waals surface area contributed by atoms with Crippen molar-refractivity contribution in [3.05, 3.63) is 60.7 Å². The van der Waals surface area contributed by atoms with Gasteiger partial charge in [-0.05, 0) is 94.8 Å². The number of piperidine rings is 1. The Hall–Kier alpha value is -1.44. The number of benzene rings is 1. The molecule has 2 fully saturated rings. The van der Waals surface area contributed by atoms with E-state index in [0.29, 0.717) is 12.3 Å². The second kappa shape index (κ2) is 9.31. The molecular formula is C25H26Br2ClN3O2. The van der Waals surface area contributed by atoms with Crippen molar-refractivity contribution in [2.45, 2.75) is 44.4 Å². The number of primary amides is 1. The van der Waals surface area contributed by atoms with Gasteiger partial charge in [-0.1, -0.05) is 27.5 Å². The number of aryl methyl sites for hydroxylation is 2. The van der Waals surface area contributed by atoms with Crippen LogP contribution in [0.25, 0.3) is 0 Å². The van der Waals surface area contributed by atoms with Crippen LogP contribution in [0.4, 0.5) is 0 Å². The van der Waals surface area contributed by atoms with Crippen LogP contribution in [0.2, 0.25) is 5.02 Å². The van der Waals surface area contributed by atoms with Crippen molar-refractivity contribution in [3.63, 3.8) is 0 Å². The van der Waals surface area contributed by atoms with Gasteiger partial charge in [0.2, 0.25) is 11.8 Å². The summed E-state index contributed by atoms with van der Waals surface area (Å²) in [5.74, 6) is 0.449. The molecule has 1 saturated carbocycles. The number of aromatic nitrogens is 1. The number of hydrogen-bond acceptors (Lipinski definition) is 3. The first kappa shape index (κ1) is 23.3. The van der Waals surface area contributed by atoms with Crippen LogP contribution in [-0.2, 0) is 22.4 Å². The summed E-state index contributed by atoms with van der Waals surface area (Å²) >= 11 is 13.8. The normalized spacial score (nSPS) is 24.6. The largest absolute Gasteiger partial charge is 0.369 e. The predicted molar refractivity (Wildman–Crippen MR) is 135 cm³/mol. The molecule has 2 heterocycles. The topological polar surface area (TPSA) is 76.3 Å². The first-order valence-corrected chi connectivity index (χ1v) is 13.5. The molecule has 3 atom stereocenters. The van der Waals surface area contributed by atoms with E-state index >= 15 is 0 Å². The van der Waals surface area contributed by atoms with Crippen molar-refractivity contribution < 1.29 is 9.59 Å². The summed E-state index contributed by atoms with van der Waals surface area (Å²) in [7, 11) is 0. The molecule has 174 valence electrons. The number of carbonyl (C=O) groups is 2. The van der Waals surface area contributed by atoms with E-state index in [1.807, 2.05) is 17.2 Å². The van der Waals surface area contributed by atoms with E-state index in [0.717, 1.165) is 64.9 Å². The lowest BCUT2D eigenvalue weighted by Crippen LogP contribution is -2.40. The fourth-order valence-corrected chi connectivity index (χ4v) is 7.19. The smallest absolute Gasteiger partial charge is 0.222 e. The summed E-state index contributed by atoms with van der Waals surface area (Å²) in [6, 6.07) is 6.28. The average molecular weight is 596 g/mol. The molecule has 0 radical (unpaired) electrons. The molecule has 3 aliphatic rings. The number of nitrogens with two attached hydrogens (primary N) is 1. The van der Waals surface area contributed by atoms with Crippen LogP contribution >= 0.6 is 43.5 Å². The highest BCUT2D eigenvalue weighted by molar-refractivity contribution is 9.10. The van der Waals surface area contributed by atoms with Crippen molar-refractivity contribution in [2.24, 2.45) is 23.5 Å². The molecule has 1 unspecified atom stereocenters. The Morgan fingerprint density at radius 3 is 2.55 bits per heavy atom. The number of carbonyl (C=O) groups excluding carboxylic acids is 2. The first-order valence-electron chi connectivity index (χ1n) is 11.5. The first-order chi connectivity index (χ1) is 15.8. The number of halogens is 3. The SMILES string of the molecule is NC(=O)[C@H]1CC1CC(=O)N1CCC([C@H]2c3ncc(Br)cc3CCc3cc(Cl)cc(Br)c32)CC1. The average Bonchev–Trinajstić information content (AvgIpc) is 3.56. The fourth-order valence-electron chi connectivity index (χ4n) is 5.69. The molecule has 1 aliphatic heterocycles. The Labute approximate surface area is 215 Å². The number of rotatable bonds is 4. The van der Waals surface area contributed by atoms with Crippen molar-refractivity contribution in [1.29, 1.82) is 0 Å². The molecule has 1 aromatic carbocycles. The zero-order valence-electron chi connectivity index (χ0n) is 18.2. The minimum absolute atomic E-state index is 0.111. The van der Waals surface area contributed by atoms with E-state index < -0.39 is 0 Å². The molecule has 2 amide bonds. The molecule has 2 aliphatic carbocycles. The molecule has 33 heavy (non-hydrogen) atoms. The van der Waals surface area contributed by atoms with Crippen LogP contribution in [0.1, 0.15) is 54.0 Å². The fraction of sp³-hybridized carbons (Fsp3) is 0.480. The van der Waals surface area contributed by atoms with Gasteiger partial charge in [-0.3, -0.25) is 14.6 Å². The summed E-state index contributed by atoms with van der Waals surface area (Å²) in [4.78, 5) is 31.0. The Balaban J connectivity index is 1.38. The molecule has 5 rings (SSSR count). The van der Waals surface area contributed by atoms with Gasteiger partial charge in [0, 0.05) is 51.5 Å². The number of hydrogen-bond donors (Lipinski definition) is 1. The van der Waals surface area contributed by atoms with Gasteiger partial charge in [-0.2, -0.15) is 0 Å². The van der Waals surface area contributed by atoms with Gasteiger partial charge in [-0.25, -0.2) is 0 Å². The predicted octanol–water partition coefficient (Wildman–Crippen LogP) is 5.24. The van der Waals surface area contributed by atoms with Crippen LogP contribution < -0.4 is 5.73 Å². The maximum atomic E-state index is 12.8. The molecule has 2 aromatic rings. The van der Waals surface area contributed by atoms with Gasteiger partial charge < -0.3 is 10.6 Å². The van der Waals surface area contributed by atoms with E-state index in [2.05, 4.69) is 44.0 Å². The highest BCUT2D eigenvalue weighted by Gasteiger charge is 2.44. The number of pyridine rings is 1. The zero-order chi connectivity index (χ0) is 23.3. The van der Waals surface area contributed by atoms with Crippen LogP contribution in [0, 0.1) is 17.8 Å². The van der Waals surface area contributed by atoms with E-state index in [1.165, 1.54) is 16.7 Å². The van der Waals surface area contributed by atoms with E-state index in [9.17, 15) is 9.59 Å². The van der Waals surface area contributed by atoms with Crippen LogP contribution in [0.5, 0.6) is 0 Å². The maximum absolute atomic E-state index is 12.8. The summed E-state index contributed by atoms with van der Waals surface area (Å²) in [5, 5.41) is 0.745. The van der Waals surface area contributed by atoms with E-state index in [1.54, 1.807) is 0 Å². The van der Waals surface area contributed by atoms with Crippen LogP contribution in [0.15, 0.2) is 33.3 Å². The standard InChI is InChI=1S/C25H26Br2ClN3O2/c26-17-7-15-2-1-14-8-18(28)11-20(27)22(14)23(24(15)30-12-17)13-3-5-31(6-4-13)21(32)10-16-9-19(16)25(29)33/h7-8,11-13,16,19,23H,1-6,9-10H2,(H2,29,33)/t16?,19-,23+/m0/s1. The van der Waals surface area contributed by atoms with Gasteiger partial charge >= 0.3 is 0 Å². The lowest BCUT2D eigenvalue weighted by molar-refractivity contribution is -0.133. The lowest BCUT2D eigenvalue weighted by Gasteiger charge is -2.37. The number of amides is 2. The summed E-state index contributed by atoms with van der Waals surface area (Å²) in [6.07, 6.45) is 6.79. The molecule has 8 heteroatoms. The zero-order valence-corrected chi connectivity index (χ0v) is 22.1. The Bertz CT molecular complexity index is 1120. The molecule has 0 bridgehead atoms. The van der Waals surface area contributed by atoms with Crippen molar-refractivity contribution >= 4 is 55.3 Å². The third-order valence-corrected chi connectivity index (χ3v) is 8.81. The van der Waals surface area contributed by atoms with E-state index in [4.69, 9.17) is 22.3 Å². The summed E-state index contributed by atoms with van der Waals surface area (Å²) in [6.45, 7) is 1.47. The highest BCUT2D eigenvalue weighted by atomic mass is 79.9. The Kier molecular flexibility index (Phi) is 6.57. The molecule has 1 saturated heterocycles. The third-order valence-electron chi connectivity index (χ3n) is 7.51. The second-order valence-electron chi connectivity index (χ2n) is 9.56. The number of likely N-dealkylation sites (tertiary alicyclic amines) is 1. The third kappa shape index (κ3) is 4.73. The monoisotopic (exact) mass is 593 g/mol. The highest BCUT2D eigenvalue weighted by Crippen LogP contribution is 2.46. The maximum Gasteiger partial charge on any atom is 0.222 e. The van der Waals surface area contributed by atoms with Crippen molar-refractivity contribution in [2.75, 3.05) is 13.1 Å². The Morgan fingerprint density at radius 2 is 1.85 bits per heavy atom. The van der Waals surface area contributed by atoms with Crippen molar-refractivity contribution in [1.82, 2.24) is 9.88 Å². The van der Waals surface area contributed by atoms with Crippen LogP contribution in [-0.4, -0.2) is 34.8 Å².